The number of hydrogen-bond donors (Lipinski definition) is 1. The maximum Gasteiger partial charge on any atom is 0.236 e. The van der Waals surface area contributed by atoms with E-state index >= 15 is 0 Å². The quantitative estimate of drug-likeness (QED) is 0.853. The minimum atomic E-state index is -3.43. The van der Waals surface area contributed by atoms with Gasteiger partial charge in [0.15, 0.2) is 0 Å². The fourth-order valence-corrected chi connectivity index (χ4v) is 3.43. The third-order valence-electron chi connectivity index (χ3n) is 3.26. The molecule has 1 aromatic rings. The Morgan fingerprint density at radius 2 is 2.00 bits per heavy atom. The summed E-state index contributed by atoms with van der Waals surface area (Å²) >= 11 is 0. The lowest BCUT2D eigenvalue weighted by Crippen LogP contribution is -2.51. The standard InChI is InChI=1S/C12H16N2O3S/c1-2-18(16,17)14-8-10-6-4-3-5-9(10)7-11(14)12(13)15/h3-6,11H,2,7-8H2,1H3,(H2,13,15)/t11-/m0/s1. The van der Waals surface area contributed by atoms with Gasteiger partial charge in [-0.25, -0.2) is 8.42 Å². The van der Waals surface area contributed by atoms with Crippen LogP contribution in [0, 0.1) is 0 Å². The lowest BCUT2D eigenvalue weighted by Gasteiger charge is -2.33. The van der Waals surface area contributed by atoms with E-state index in [9.17, 15) is 13.2 Å². The Labute approximate surface area is 107 Å². The largest absolute Gasteiger partial charge is 0.368 e. The summed E-state index contributed by atoms with van der Waals surface area (Å²) in [6, 6.07) is 6.75. The van der Waals surface area contributed by atoms with E-state index in [0.29, 0.717) is 6.42 Å². The van der Waals surface area contributed by atoms with Gasteiger partial charge in [-0.2, -0.15) is 4.31 Å². The fraction of sp³-hybridized carbons (Fsp3) is 0.417. The molecule has 1 heterocycles. The first kappa shape index (κ1) is 13.0. The van der Waals surface area contributed by atoms with Crippen LogP contribution in [0.15, 0.2) is 24.3 Å². The summed E-state index contributed by atoms with van der Waals surface area (Å²) in [5.74, 6) is -0.625. The molecule has 1 aliphatic heterocycles. The van der Waals surface area contributed by atoms with E-state index in [0.717, 1.165) is 11.1 Å². The van der Waals surface area contributed by atoms with Gasteiger partial charge in [-0.3, -0.25) is 4.79 Å². The summed E-state index contributed by atoms with van der Waals surface area (Å²) < 4.78 is 25.2. The summed E-state index contributed by atoms with van der Waals surface area (Å²) in [4.78, 5) is 11.5. The van der Waals surface area contributed by atoms with Gasteiger partial charge in [-0.05, 0) is 24.5 Å². The van der Waals surface area contributed by atoms with Crippen molar-refractivity contribution in [3.63, 3.8) is 0 Å². The summed E-state index contributed by atoms with van der Waals surface area (Å²) in [6.07, 6.45) is 0.352. The van der Waals surface area contributed by atoms with Crippen molar-refractivity contribution < 1.29 is 13.2 Å². The molecule has 2 N–H and O–H groups in total. The monoisotopic (exact) mass is 268 g/mol. The van der Waals surface area contributed by atoms with Crippen LogP contribution in [0.2, 0.25) is 0 Å². The van der Waals surface area contributed by atoms with Gasteiger partial charge >= 0.3 is 0 Å². The van der Waals surface area contributed by atoms with Crippen molar-refractivity contribution in [3.8, 4) is 0 Å². The second kappa shape index (κ2) is 4.70. The second-order valence-corrected chi connectivity index (χ2v) is 6.55. The van der Waals surface area contributed by atoms with Crippen LogP contribution < -0.4 is 5.73 Å². The minimum absolute atomic E-state index is 0.0288. The number of benzene rings is 1. The molecule has 0 saturated carbocycles. The molecular weight excluding hydrogens is 252 g/mol. The normalized spacial score (nSPS) is 20.4. The predicted octanol–water partition coefficient (Wildman–Crippen LogP) is 0.248. The molecule has 18 heavy (non-hydrogen) atoms. The number of rotatable bonds is 3. The molecule has 0 unspecified atom stereocenters. The molecule has 0 saturated heterocycles. The Balaban J connectivity index is 2.44. The molecule has 0 aliphatic carbocycles. The lowest BCUT2D eigenvalue weighted by atomic mass is 9.96. The van der Waals surface area contributed by atoms with Gasteiger partial charge in [-0.1, -0.05) is 24.3 Å². The molecule has 1 atom stereocenters. The van der Waals surface area contributed by atoms with Gasteiger partial charge in [0.25, 0.3) is 0 Å². The van der Waals surface area contributed by atoms with Gasteiger partial charge in [0.2, 0.25) is 15.9 Å². The topological polar surface area (TPSA) is 80.5 Å². The van der Waals surface area contributed by atoms with Crippen molar-refractivity contribution >= 4 is 15.9 Å². The molecule has 0 spiro atoms. The number of carbonyl (C=O) groups excluding carboxylic acids is 1. The van der Waals surface area contributed by atoms with Crippen LogP contribution >= 0.6 is 0 Å². The summed E-state index contributed by atoms with van der Waals surface area (Å²) in [5, 5.41) is 0. The van der Waals surface area contributed by atoms with Crippen LogP contribution in [-0.2, 0) is 27.8 Å². The third kappa shape index (κ3) is 2.26. The number of amides is 1. The number of nitrogens with zero attached hydrogens (tertiary/aromatic N) is 1. The number of primary amides is 1. The van der Waals surface area contributed by atoms with Crippen LogP contribution in [0.3, 0.4) is 0 Å². The van der Waals surface area contributed by atoms with Crippen LogP contribution in [0.25, 0.3) is 0 Å². The molecule has 0 fully saturated rings. The van der Waals surface area contributed by atoms with Gasteiger partial charge in [0, 0.05) is 6.54 Å². The third-order valence-corrected chi connectivity index (χ3v) is 5.08. The van der Waals surface area contributed by atoms with Gasteiger partial charge in [0.1, 0.15) is 6.04 Å². The Hall–Kier alpha value is -1.40. The fourth-order valence-electron chi connectivity index (χ4n) is 2.20. The maximum atomic E-state index is 12.0. The summed E-state index contributed by atoms with van der Waals surface area (Å²) in [7, 11) is -3.43. The highest BCUT2D eigenvalue weighted by Gasteiger charge is 2.36. The van der Waals surface area contributed by atoms with Crippen molar-refractivity contribution in [2.45, 2.75) is 25.9 Å². The van der Waals surface area contributed by atoms with Crippen molar-refractivity contribution in [1.29, 1.82) is 0 Å². The van der Waals surface area contributed by atoms with Crippen molar-refractivity contribution in [2.75, 3.05) is 5.75 Å². The van der Waals surface area contributed by atoms with Crippen LogP contribution in [-0.4, -0.2) is 30.4 Å². The first-order valence-corrected chi connectivity index (χ1v) is 7.42. The minimum Gasteiger partial charge on any atom is -0.368 e. The number of fused-ring (bicyclic) bond motifs is 1. The molecule has 1 amide bonds. The first-order chi connectivity index (χ1) is 8.45. The Bertz CT molecular complexity index is 568. The number of hydrogen-bond acceptors (Lipinski definition) is 3. The Kier molecular flexibility index (Phi) is 3.41. The highest BCUT2D eigenvalue weighted by Crippen LogP contribution is 2.25. The van der Waals surface area contributed by atoms with Crippen molar-refractivity contribution in [3.05, 3.63) is 35.4 Å². The van der Waals surface area contributed by atoms with E-state index in [-0.39, 0.29) is 12.3 Å². The maximum absolute atomic E-state index is 12.0. The molecule has 6 heteroatoms. The molecular formula is C12H16N2O3S. The molecule has 5 nitrogen and oxygen atoms in total. The highest BCUT2D eigenvalue weighted by molar-refractivity contribution is 7.89. The molecule has 1 aliphatic rings. The Morgan fingerprint density at radius 1 is 1.39 bits per heavy atom. The van der Waals surface area contributed by atoms with Crippen molar-refractivity contribution in [2.24, 2.45) is 5.73 Å². The van der Waals surface area contributed by atoms with E-state index in [1.807, 2.05) is 24.3 Å². The van der Waals surface area contributed by atoms with Gasteiger partial charge < -0.3 is 5.73 Å². The number of carbonyl (C=O) groups is 1. The molecule has 0 aromatic heterocycles. The van der Waals surface area contributed by atoms with E-state index in [1.54, 1.807) is 6.92 Å². The van der Waals surface area contributed by atoms with Crippen LogP contribution in [0.5, 0.6) is 0 Å². The zero-order valence-electron chi connectivity index (χ0n) is 10.2. The molecule has 0 radical (unpaired) electrons. The summed E-state index contributed by atoms with van der Waals surface area (Å²) in [5.41, 5.74) is 7.25. The molecule has 2 rings (SSSR count). The first-order valence-electron chi connectivity index (χ1n) is 5.81. The van der Waals surface area contributed by atoms with E-state index in [2.05, 4.69) is 0 Å². The Morgan fingerprint density at radius 3 is 2.56 bits per heavy atom. The predicted molar refractivity (Wildman–Crippen MR) is 68.1 cm³/mol. The zero-order valence-corrected chi connectivity index (χ0v) is 11.0. The highest BCUT2D eigenvalue weighted by atomic mass is 32.2. The average Bonchev–Trinajstić information content (AvgIpc) is 2.37. The summed E-state index contributed by atoms with van der Waals surface area (Å²) in [6.45, 7) is 1.79. The van der Waals surface area contributed by atoms with E-state index in [1.165, 1.54) is 4.31 Å². The SMILES string of the molecule is CCS(=O)(=O)N1Cc2ccccc2C[C@H]1C(N)=O. The smallest absolute Gasteiger partial charge is 0.236 e. The van der Waals surface area contributed by atoms with Gasteiger partial charge in [-0.15, -0.1) is 0 Å². The number of sulfonamides is 1. The lowest BCUT2D eigenvalue weighted by molar-refractivity contribution is -0.122. The molecule has 1 aromatic carbocycles. The molecule has 98 valence electrons. The van der Waals surface area contributed by atoms with Crippen LogP contribution in [0.4, 0.5) is 0 Å². The van der Waals surface area contributed by atoms with Gasteiger partial charge in [0.05, 0.1) is 5.75 Å². The zero-order chi connectivity index (χ0) is 13.3. The van der Waals surface area contributed by atoms with E-state index in [4.69, 9.17) is 5.73 Å². The van der Waals surface area contributed by atoms with Crippen molar-refractivity contribution in [1.82, 2.24) is 4.31 Å². The number of nitrogens with two attached hydrogens (primary N) is 1. The molecule has 0 bridgehead atoms. The second-order valence-electron chi connectivity index (χ2n) is 4.34. The van der Waals surface area contributed by atoms with Crippen LogP contribution in [0.1, 0.15) is 18.1 Å². The van der Waals surface area contributed by atoms with E-state index < -0.39 is 22.0 Å². The average molecular weight is 268 g/mol.